The monoisotopic (exact) mass is 346 g/mol. The molecule has 0 aliphatic heterocycles. The van der Waals surface area contributed by atoms with Crippen LogP contribution in [0, 0.1) is 0 Å². The predicted molar refractivity (Wildman–Crippen MR) is 60.2 cm³/mol. The first kappa shape index (κ1) is 12.5. The van der Waals surface area contributed by atoms with Crippen molar-refractivity contribution in [3.05, 3.63) is 41.2 Å². The van der Waals surface area contributed by atoms with Crippen LogP contribution in [-0.4, -0.2) is 11.6 Å². The molecule has 0 amide bonds. The average Bonchev–Trinajstić information content (AvgIpc) is 2.28. The van der Waals surface area contributed by atoms with Crippen LogP contribution in [0.2, 0.25) is 0 Å². The molecule has 0 unspecified atom stereocenters. The maximum absolute atomic E-state index is 11.6. The molecule has 0 radical (unpaired) electrons. The lowest BCUT2D eigenvalue weighted by atomic mass is 10.1. The van der Waals surface area contributed by atoms with Crippen LogP contribution >= 0.6 is 31.9 Å². The van der Waals surface area contributed by atoms with Gasteiger partial charge in [-0.05, 0) is 42.9 Å². The van der Waals surface area contributed by atoms with Crippen molar-refractivity contribution in [1.29, 1.82) is 0 Å². The maximum atomic E-state index is 11.6. The van der Waals surface area contributed by atoms with Gasteiger partial charge in [0.05, 0.1) is 8.96 Å². The van der Waals surface area contributed by atoms with Gasteiger partial charge in [0.15, 0.2) is 5.78 Å². The Morgan fingerprint density at radius 1 is 0.875 bits per heavy atom. The summed E-state index contributed by atoms with van der Waals surface area (Å²) in [5.41, 5.74) is 15.6. The van der Waals surface area contributed by atoms with E-state index in [1.54, 1.807) is 0 Å². The maximum Gasteiger partial charge on any atom is 0.208 e. The molecule has 1 aliphatic carbocycles. The molecule has 0 heterocycles. The molecule has 0 atom stereocenters. The average molecular weight is 348 g/mol. The van der Waals surface area contributed by atoms with Gasteiger partial charge in [0.2, 0.25) is 5.78 Å². The van der Waals surface area contributed by atoms with Crippen LogP contribution < -0.4 is 0 Å². The molecule has 0 spiro atoms. The van der Waals surface area contributed by atoms with E-state index in [4.69, 9.17) is 11.1 Å². The van der Waals surface area contributed by atoms with Gasteiger partial charge in [-0.25, -0.2) is 0 Å². The molecule has 0 aromatic carbocycles. The first-order chi connectivity index (χ1) is 7.54. The summed E-state index contributed by atoms with van der Waals surface area (Å²) in [4.78, 5) is 27.9. The molecule has 16 heavy (non-hydrogen) atoms. The van der Waals surface area contributed by atoms with Crippen LogP contribution in [0.4, 0.5) is 0 Å². The Kier molecular flexibility index (Phi) is 3.86. The Hall–Kier alpha value is -1.60. The number of carbonyl (C=O) groups is 2. The summed E-state index contributed by atoms with van der Waals surface area (Å²) in [6.07, 6.45) is 0. The van der Waals surface area contributed by atoms with Crippen molar-refractivity contribution < 1.29 is 9.59 Å². The van der Waals surface area contributed by atoms with Crippen LogP contribution in [-0.2, 0) is 9.59 Å². The molecule has 1 aliphatic rings. The van der Waals surface area contributed by atoms with Gasteiger partial charge < -0.3 is 0 Å². The second kappa shape index (κ2) is 4.95. The number of halogens is 2. The fourth-order valence-electron chi connectivity index (χ4n) is 0.891. The van der Waals surface area contributed by atoms with Crippen molar-refractivity contribution in [1.82, 2.24) is 0 Å². The van der Waals surface area contributed by atoms with Gasteiger partial charge in [-0.15, -0.1) is 0 Å². The van der Waals surface area contributed by atoms with E-state index in [2.05, 4.69) is 51.9 Å². The smallest absolute Gasteiger partial charge is 0.208 e. The summed E-state index contributed by atoms with van der Waals surface area (Å²) in [6.45, 7) is 0. The quantitative estimate of drug-likeness (QED) is 0.329. The van der Waals surface area contributed by atoms with E-state index in [0.29, 0.717) is 0 Å². The van der Waals surface area contributed by atoms with Gasteiger partial charge in [0.25, 0.3) is 0 Å². The van der Waals surface area contributed by atoms with Crippen LogP contribution in [0.25, 0.3) is 20.9 Å². The first-order valence-corrected chi connectivity index (χ1v) is 5.12. The van der Waals surface area contributed by atoms with Gasteiger partial charge in [-0.1, -0.05) is 10.2 Å². The fraction of sp³-hybridized carbons (Fsp3) is 0. The summed E-state index contributed by atoms with van der Waals surface area (Å²) in [7, 11) is 0. The Labute approximate surface area is 105 Å². The highest BCUT2D eigenvalue weighted by Crippen LogP contribution is 2.32. The van der Waals surface area contributed by atoms with Gasteiger partial charge in [-0.2, -0.15) is 0 Å². The zero-order valence-electron chi connectivity index (χ0n) is 7.26. The summed E-state index contributed by atoms with van der Waals surface area (Å²) in [6, 6.07) is 0. The third-order valence-corrected chi connectivity index (χ3v) is 3.01. The predicted octanol–water partition coefficient (Wildman–Crippen LogP) is 2.97. The third-order valence-electron chi connectivity index (χ3n) is 1.53. The van der Waals surface area contributed by atoms with Crippen molar-refractivity contribution in [2.45, 2.75) is 0 Å². The molecule has 10 heteroatoms. The lowest BCUT2D eigenvalue weighted by molar-refractivity contribution is -0.115. The number of allylic oxidation sites excluding steroid dienone is 2. The number of Topliss-reactive ketones (excluding diaryl/α,β-unsaturated/α-hetero) is 2. The zero-order valence-corrected chi connectivity index (χ0v) is 10.4. The molecule has 0 N–H and O–H groups in total. The Morgan fingerprint density at radius 3 is 1.56 bits per heavy atom. The molecule has 0 fully saturated rings. The van der Waals surface area contributed by atoms with Gasteiger partial charge >= 0.3 is 0 Å². The molecule has 0 saturated heterocycles. The summed E-state index contributed by atoms with van der Waals surface area (Å²) in [5.74, 6) is -1.46. The van der Waals surface area contributed by atoms with Crippen molar-refractivity contribution >= 4 is 43.4 Å². The Morgan fingerprint density at radius 2 is 1.25 bits per heavy atom. The molecule has 1 rings (SSSR count). The van der Waals surface area contributed by atoms with E-state index in [1.807, 2.05) is 0 Å². The highest BCUT2D eigenvalue weighted by Gasteiger charge is 2.31. The second-order valence-electron chi connectivity index (χ2n) is 2.36. The molecule has 0 bridgehead atoms. The minimum Gasteiger partial charge on any atom is -0.289 e. The molecular weight excluding hydrogens is 348 g/mol. The standard InChI is InChI=1S/C6Br2N6O2/c7-1-3(11-13-9)6(16)4(12-14-10)2(8)5(1)15. The van der Waals surface area contributed by atoms with E-state index in [9.17, 15) is 9.59 Å². The van der Waals surface area contributed by atoms with E-state index < -0.39 is 23.0 Å². The highest BCUT2D eigenvalue weighted by atomic mass is 79.9. The fourth-order valence-corrected chi connectivity index (χ4v) is 2.07. The Bertz CT molecular complexity index is 503. The zero-order chi connectivity index (χ0) is 12.3. The number of hydrogen-bond donors (Lipinski definition) is 0. The topological polar surface area (TPSA) is 132 Å². The third kappa shape index (κ3) is 2.00. The van der Waals surface area contributed by atoms with Gasteiger partial charge in [-0.3, -0.25) is 9.59 Å². The summed E-state index contributed by atoms with van der Waals surface area (Å²) < 4.78 is -0.363. The van der Waals surface area contributed by atoms with E-state index in [0.717, 1.165) is 0 Å². The first-order valence-electron chi connectivity index (χ1n) is 3.53. The lowest BCUT2D eigenvalue weighted by Gasteiger charge is -2.11. The SMILES string of the molecule is [N-]=[N+]=NC1=C(Br)C(=O)C(Br)=C(N=[N+]=[N-])C1=O. The van der Waals surface area contributed by atoms with Gasteiger partial charge in [0.1, 0.15) is 11.4 Å². The van der Waals surface area contributed by atoms with Crippen molar-refractivity contribution in [2.75, 3.05) is 0 Å². The lowest BCUT2D eigenvalue weighted by Crippen LogP contribution is -2.17. The minimum atomic E-state index is -0.825. The molecule has 0 saturated carbocycles. The summed E-state index contributed by atoms with van der Waals surface area (Å²) in [5, 5.41) is 6.14. The van der Waals surface area contributed by atoms with Crippen molar-refractivity contribution in [3.8, 4) is 0 Å². The number of rotatable bonds is 2. The number of ketones is 2. The van der Waals surface area contributed by atoms with Crippen molar-refractivity contribution in [3.63, 3.8) is 0 Å². The van der Waals surface area contributed by atoms with Crippen molar-refractivity contribution in [2.24, 2.45) is 10.2 Å². The largest absolute Gasteiger partial charge is 0.289 e. The van der Waals surface area contributed by atoms with E-state index in [-0.39, 0.29) is 8.96 Å². The molecule has 8 nitrogen and oxygen atoms in total. The number of nitrogens with zero attached hydrogens (tertiary/aromatic N) is 6. The molecule has 80 valence electrons. The molecule has 0 aromatic rings. The highest BCUT2D eigenvalue weighted by molar-refractivity contribution is 9.13. The number of hydrogen-bond acceptors (Lipinski definition) is 4. The number of azide groups is 2. The van der Waals surface area contributed by atoms with E-state index in [1.165, 1.54) is 0 Å². The van der Waals surface area contributed by atoms with Crippen LogP contribution in [0.1, 0.15) is 0 Å². The van der Waals surface area contributed by atoms with Crippen LogP contribution in [0.5, 0.6) is 0 Å². The summed E-state index contributed by atoms with van der Waals surface area (Å²) >= 11 is 5.65. The van der Waals surface area contributed by atoms with Gasteiger partial charge in [0, 0.05) is 9.82 Å². The molecule has 0 aromatic heterocycles. The number of carbonyl (C=O) groups excluding carboxylic acids is 2. The Balaban J connectivity index is 3.49. The van der Waals surface area contributed by atoms with E-state index >= 15 is 0 Å². The minimum absolute atomic E-state index is 0.181. The van der Waals surface area contributed by atoms with Crippen LogP contribution in [0.3, 0.4) is 0 Å². The normalized spacial score (nSPS) is 15.9. The van der Waals surface area contributed by atoms with Crippen LogP contribution in [0.15, 0.2) is 30.6 Å². The second-order valence-corrected chi connectivity index (χ2v) is 3.95. The molecular formula is C6Br2N6O2.